The Hall–Kier alpha value is -0.930. The van der Waals surface area contributed by atoms with Gasteiger partial charge in [-0.3, -0.25) is 4.98 Å². The SMILES string of the molecule is OCC1CCC(c2ccncc2)NC1. The Kier molecular flexibility index (Phi) is 3.11. The zero-order valence-corrected chi connectivity index (χ0v) is 8.19. The van der Waals surface area contributed by atoms with Crippen molar-refractivity contribution >= 4 is 0 Å². The zero-order chi connectivity index (χ0) is 9.80. The van der Waals surface area contributed by atoms with Crippen LogP contribution in [0.1, 0.15) is 24.4 Å². The second kappa shape index (κ2) is 4.53. The Bertz CT molecular complexity index is 268. The van der Waals surface area contributed by atoms with Crippen molar-refractivity contribution in [2.75, 3.05) is 13.2 Å². The Morgan fingerprint density at radius 2 is 2.14 bits per heavy atom. The first-order chi connectivity index (χ1) is 6.90. The maximum atomic E-state index is 9.00. The molecule has 1 aliphatic heterocycles. The number of hydrogen-bond acceptors (Lipinski definition) is 3. The first-order valence-electron chi connectivity index (χ1n) is 5.14. The molecule has 1 aromatic heterocycles. The minimum atomic E-state index is 0.302. The summed E-state index contributed by atoms with van der Waals surface area (Å²) < 4.78 is 0. The summed E-state index contributed by atoms with van der Waals surface area (Å²) in [5, 5.41) is 12.4. The van der Waals surface area contributed by atoms with Crippen LogP contribution in [-0.2, 0) is 0 Å². The molecule has 1 aromatic rings. The van der Waals surface area contributed by atoms with Gasteiger partial charge in [-0.15, -0.1) is 0 Å². The predicted octanol–water partition coefficient (Wildman–Crippen LogP) is 1.11. The fraction of sp³-hybridized carbons (Fsp3) is 0.545. The number of nitrogens with zero attached hydrogens (tertiary/aromatic N) is 1. The van der Waals surface area contributed by atoms with Crippen LogP contribution in [0.2, 0.25) is 0 Å². The minimum Gasteiger partial charge on any atom is -0.396 e. The molecule has 2 atom stereocenters. The highest BCUT2D eigenvalue weighted by atomic mass is 16.3. The molecule has 2 rings (SSSR count). The third kappa shape index (κ3) is 2.11. The van der Waals surface area contributed by atoms with Crippen molar-refractivity contribution in [1.82, 2.24) is 10.3 Å². The highest BCUT2D eigenvalue weighted by Crippen LogP contribution is 2.24. The lowest BCUT2D eigenvalue weighted by molar-refractivity contribution is 0.184. The highest BCUT2D eigenvalue weighted by molar-refractivity contribution is 5.15. The number of aliphatic hydroxyl groups excluding tert-OH is 1. The first kappa shape index (κ1) is 9.62. The fourth-order valence-electron chi connectivity index (χ4n) is 1.95. The predicted molar refractivity (Wildman–Crippen MR) is 54.8 cm³/mol. The molecule has 0 amide bonds. The van der Waals surface area contributed by atoms with Gasteiger partial charge in [-0.2, -0.15) is 0 Å². The number of rotatable bonds is 2. The van der Waals surface area contributed by atoms with Gasteiger partial charge in [-0.1, -0.05) is 0 Å². The monoisotopic (exact) mass is 192 g/mol. The molecule has 2 heterocycles. The van der Waals surface area contributed by atoms with Gasteiger partial charge < -0.3 is 10.4 Å². The van der Waals surface area contributed by atoms with Crippen molar-refractivity contribution in [2.24, 2.45) is 5.92 Å². The molecule has 0 saturated carbocycles. The molecule has 0 aliphatic carbocycles. The van der Waals surface area contributed by atoms with Crippen LogP contribution in [0.25, 0.3) is 0 Å². The van der Waals surface area contributed by atoms with Gasteiger partial charge in [0, 0.05) is 31.6 Å². The summed E-state index contributed by atoms with van der Waals surface area (Å²) in [6.45, 7) is 1.22. The van der Waals surface area contributed by atoms with Crippen LogP contribution in [0.5, 0.6) is 0 Å². The van der Waals surface area contributed by atoms with E-state index in [0.29, 0.717) is 18.6 Å². The largest absolute Gasteiger partial charge is 0.396 e. The number of pyridine rings is 1. The lowest BCUT2D eigenvalue weighted by atomic mass is 9.92. The lowest BCUT2D eigenvalue weighted by Gasteiger charge is -2.28. The number of hydrogen-bond donors (Lipinski definition) is 2. The van der Waals surface area contributed by atoms with E-state index in [2.05, 4.69) is 22.4 Å². The topological polar surface area (TPSA) is 45.2 Å². The van der Waals surface area contributed by atoms with E-state index in [0.717, 1.165) is 19.4 Å². The summed E-state index contributed by atoms with van der Waals surface area (Å²) >= 11 is 0. The lowest BCUT2D eigenvalue weighted by Crippen LogP contribution is -2.34. The second-order valence-electron chi connectivity index (χ2n) is 3.87. The summed E-state index contributed by atoms with van der Waals surface area (Å²) in [7, 11) is 0. The van der Waals surface area contributed by atoms with Crippen LogP contribution in [0.15, 0.2) is 24.5 Å². The normalized spacial score (nSPS) is 27.5. The first-order valence-corrected chi connectivity index (χ1v) is 5.14. The standard InChI is InChI=1S/C11H16N2O/c14-8-9-1-2-11(13-7-9)10-3-5-12-6-4-10/h3-6,9,11,13-14H,1-2,7-8H2. The van der Waals surface area contributed by atoms with Crippen molar-refractivity contribution in [2.45, 2.75) is 18.9 Å². The quantitative estimate of drug-likeness (QED) is 0.738. The Morgan fingerprint density at radius 3 is 2.71 bits per heavy atom. The molecule has 0 spiro atoms. The van der Waals surface area contributed by atoms with Crippen LogP contribution in [0.4, 0.5) is 0 Å². The van der Waals surface area contributed by atoms with E-state index < -0.39 is 0 Å². The molecule has 76 valence electrons. The molecular weight excluding hydrogens is 176 g/mol. The molecule has 3 nitrogen and oxygen atoms in total. The van der Waals surface area contributed by atoms with Gasteiger partial charge >= 0.3 is 0 Å². The second-order valence-corrected chi connectivity index (χ2v) is 3.87. The molecular formula is C11H16N2O. The summed E-state index contributed by atoms with van der Waals surface area (Å²) in [6.07, 6.45) is 5.87. The van der Waals surface area contributed by atoms with Gasteiger partial charge in [0.05, 0.1) is 0 Å². The van der Waals surface area contributed by atoms with Gasteiger partial charge in [0.15, 0.2) is 0 Å². The molecule has 2 unspecified atom stereocenters. The summed E-state index contributed by atoms with van der Waals surface area (Å²) in [6, 6.07) is 4.55. The summed E-state index contributed by atoms with van der Waals surface area (Å²) in [5.41, 5.74) is 1.30. The van der Waals surface area contributed by atoms with Gasteiger partial charge in [0.1, 0.15) is 0 Å². The van der Waals surface area contributed by atoms with Crippen molar-refractivity contribution in [3.8, 4) is 0 Å². The van der Waals surface area contributed by atoms with Crippen LogP contribution < -0.4 is 5.32 Å². The Labute approximate surface area is 84.2 Å². The van der Waals surface area contributed by atoms with Crippen molar-refractivity contribution in [1.29, 1.82) is 0 Å². The van der Waals surface area contributed by atoms with E-state index in [-0.39, 0.29) is 0 Å². The van der Waals surface area contributed by atoms with Gasteiger partial charge in [-0.25, -0.2) is 0 Å². The van der Waals surface area contributed by atoms with E-state index >= 15 is 0 Å². The van der Waals surface area contributed by atoms with Gasteiger partial charge in [0.2, 0.25) is 0 Å². The molecule has 0 aromatic carbocycles. The van der Waals surface area contributed by atoms with E-state index in [4.69, 9.17) is 5.11 Å². The number of nitrogens with one attached hydrogen (secondary N) is 1. The molecule has 3 heteroatoms. The van der Waals surface area contributed by atoms with Crippen LogP contribution >= 0.6 is 0 Å². The van der Waals surface area contributed by atoms with Crippen LogP contribution in [0, 0.1) is 5.92 Å². The molecule has 1 fully saturated rings. The Morgan fingerprint density at radius 1 is 1.36 bits per heavy atom. The average Bonchev–Trinajstić information content (AvgIpc) is 2.30. The zero-order valence-electron chi connectivity index (χ0n) is 8.19. The minimum absolute atomic E-state index is 0.302. The maximum absolute atomic E-state index is 9.00. The molecule has 0 bridgehead atoms. The average molecular weight is 192 g/mol. The number of aromatic nitrogens is 1. The fourth-order valence-corrected chi connectivity index (χ4v) is 1.95. The van der Waals surface area contributed by atoms with Crippen LogP contribution in [-0.4, -0.2) is 23.2 Å². The highest BCUT2D eigenvalue weighted by Gasteiger charge is 2.20. The van der Waals surface area contributed by atoms with E-state index in [1.165, 1.54) is 5.56 Å². The third-order valence-electron chi connectivity index (χ3n) is 2.88. The molecule has 1 saturated heterocycles. The molecule has 14 heavy (non-hydrogen) atoms. The number of piperidine rings is 1. The smallest absolute Gasteiger partial charge is 0.0471 e. The molecule has 0 radical (unpaired) electrons. The van der Waals surface area contributed by atoms with Crippen molar-refractivity contribution in [3.05, 3.63) is 30.1 Å². The van der Waals surface area contributed by atoms with E-state index in [1.807, 2.05) is 12.4 Å². The molecule has 2 N–H and O–H groups in total. The van der Waals surface area contributed by atoms with Gasteiger partial charge in [0.25, 0.3) is 0 Å². The summed E-state index contributed by atoms with van der Waals surface area (Å²) in [5.74, 6) is 0.438. The van der Waals surface area contributed by atoms with Crippen molar-refractivity contribution in [3.63, 3.8) is 0 Å². The maximum Gasteiger partial charge on any atom is 0.0471 e. The third-order valence-corrected chi connectivity index (χ3v) is 2.88. The number of aliphatic hydroxyl groups is 1. The van der Waals surface area contributed by atoms with Crippen molar-refractivity contribution < 1.29 is 5.11 Å². The summed E-state index contributed by atoms with van der Waals surface area (Å²) in [4.78, 5) is 4.00. The molecule has 1 aliphatic rings. The Balaban J connectivity index is 1.96. The van der Waals surface area contributed by atoms with Crippen LogP contribution in [0.3, 0.4) is 0 Å². The van der Waals surface area contributed by atoms with E-state index in [1.54, 1.807) is 0 Å². The van der Waals surface area contributed by atoms with Gasteiger partial charge in [-0.05, 0) is 36.5 Å². The van der Waals surface area contributed by atoms with E-state index in [9.17, 15) is 0 Å².